The van der Waals surface area contributed by atoms with Gasteiger partial charge in [0.1, 0.15) is 22.8 Å². The number of hydrogen-bond acceptors (Lipinski definition) is 7. The average Bonchev–Trinajstić information content (AvgIpc) is 3.44. The van der Waals surface area contributed by atoms with Gasteiger partial charge in [0, 0.05) is 22.3 Å². The van der Waals surface area contributed by atoms with E-state index in [1.807, 2.05) is 13.0 Å². The van der Waals surface area contributed by atoms with Gasteiger partial charge in [0.25, 0.3) is 0 Å². The van der Waals surface area contributed by atoms with E-state index < -0.39 is 56.8 Å². The van der Waals surface area contributed by atoms with E-state index in [2.05, 4.69) is 24.3 Å². The molecule has 1 unspecified atom stereocenters. The molecule has 6 rings (SSSR count). The summed E-state index contributed by atoms with van der Waals surface area (Å²) in [6, 6.07) is 11.7. The lowest BCUT2D eigenvalue weighted by Gasteiger charge is -2.59. The van der Waals surface area contributed by atoms with E-state index in [9.17, 15) is 34.8 Å². The number of aromatic hydroxyl groups is 1. The van der Waals surface area contributed by atoms with Crippen molar-refractivity contribution in [3.63, 3.8) is 0 Å². The SMILES string of the molecule is CC(=O)C1=C(O)[C@]2(O)C(=O)C3=C(O)c4c(O)ccc(-c5ccc(CC6CCCC6)cc5)c4C[C@]3(C)C[C@]2(C)C(C(C)C)C1=O. The molecule has 7 nitrogen and oxygen atoms in total. The third kappa shape index (κ3) is 4.08. The number of allylic oxidation sites excluding steroid dienone is 1. The third-order valence-corrected chi connectivity index (χ3v) is 11.2. The largest absolute Gasteiger partial charge is 0.508 e. The maximum atomic E-state index is 14.5. The number of aliphatic hydroxyl groups is 3. The van der Waals surface area contributed by atoms with Crippen molar-refractivity contribution < 1.29 is 34.8 Å². The van der Waals surface area contributed by atoms with E-state index in [0.717, 1.165) is 24.5 Å². The van der Waals surface area contributed by atoms with Gasteiger partial charge in [-0.3, -0.25) is 14.4 Å². The maximum Gasteiger partial charge on any atom is 0.203 e. The maximum absolute atomic E-state index is 14.5. The van der Waals surface area contributed by atoms with Crippen LogP contribution in [0.25, 0.3) is 16.9 Å². The lowest BCUT2D eigenvalue weighted by atomic mass is 9.43. The van der Waals surface area contributed by atoms with Crippen LogP contribution in [0.4, 0.5) is 0 Å². The summed E-state index contributed by atoms with van der Waals surface area (Å²) < 4.78 is 0. The van der Waals surface area contributed by atoms with Gasteiger partial charge in [-0.25, -0.2) is 0 Å². The Kier molecular flexibility index (Phi) is 7.00. The number of phenolic OH excluding ortho intramolecular Hbond substituents is 1. The Labute approximate surface area is 258 Å². The normalized spacial score (nSPS) is 30.5. The number of Topliss-reactive ketones (excluding diaryl/α,β-unsaturated/α-hetero) is 3. The second kappa shape index (κ2) is 10.2. The van der Waals surface area contributed by atoms with Crippen LogP contribution in [0.15, 0.2) is 53.3 Å². The summed E-state index contributed by atoms with van der Waals surface area (Å²) in [6.45, 7) is 8.17. The van der Waals surface area contributed by atoms with Gasteiger partial charge >= 0.3 is 0 Å². The van der Waals surface area contributed by atoms with Gasteiger partial charge in [0.05, 0.1) is 5.56 Å². The summed E-state index contributed by atoms with van der Waals surface area (Å²) in [5.41, 5.74) is -2.03. The molecule has 4 atom stereocenters. The molecule has 4 aliphatic carbocycles. The highest BCUT2D eigenvalue weighted by atomic mass is 16.3. The summed E-state index contributed by atoms with van der Waals surface area (Å²) >= 11 is 0. The monoisotopic (exact) mass is 598 g/mol. The minimum absolute atomic E-state index is 0.0698. The summed E-state index contributed by atoms with van der Waals surface area (Å²) in [5, 5.41) is 46.3. The van der Waals surface area contributed by atoms with Crippen molar-refractivity contribution in [3.8, 4) is 16.9 Å². The highest BCUT2D eigenvalue weighted by Gasteiger charge is 2.72. The Morgan fingerprint density at radius 2 is 1.61 bits per heavy atom. The molecule has 44 heavy (non-hydrogen) atoms. The molecule has 2 aromatic carbocycles. The van der Waals surface area contributed by atoms with E-state index in [1.54, 1.807) is 20.8 Å². The number of carbonyl (C=O) groups excluding carboxylic acids is 3. The van der Waals surface area contributed by atoms with E-state index >= 15 is 0 Å². The lowest BCUT2D eigenvalue weighted by Crippen LogP contribution is -2.69. The van der Waals surface area contributed by atoms with Crippen molar-refractivity contribution >= 4 is 23.1 Å². The van der Waals surface area contributed by atoms with Crippen molar-refractivity contribution in [1.82, 2.24) is 0 Å². The molecule has 0 aliphatic heterocycles. The molecule has 2 fully saturated rings. The van der Waals surface area contributed by atoms with Crippen LogP contribution < -0.4 is 0 Å². The second-order valence-electron chi connectivity index (χ2n) is 14.5. The molecule has 0 amide bonds. The van der Waals surface area contributed by atoms with Crippen LogP contribution in [0.3, 0.4) is 0 Å². The van der Waals surface area contributed by atoms with Gasteiger partial charge in [-0.2, -0.15) is 0 Å². The zero-order chi connectivity index (χ0) is 31.9. The van der Waals surface area contributed by atoms with Gasteiger partial charge < -0.3 is 20.4 Å². The van der Waals surface area contributed by atoms with Crippen LogP contribution in [-0.2, 0) is 27.2 Å². The van der Waals surface area contributed by atoms with Gasteiger partial charge in [0.2, 0.25) is 5.78 Å². The van der Waals surface area contributed by atoms with Gasteiger partial charge in [-0.15, -0.1) is 0 Å². The Bertz CT molecular complexity index is 1660. The third-order valence-electron chi connectivity index (χ3n) is 11.2. The van der Waals surface area contributed by atoms with E-state index in [1.165, 1.54) is 37.3 Å². The topological polar surface area (TPSA) is 132 Å². The number of fused-ring (bicyclic) bond motifs is 3. The summed E-state index contributed by atoms with van der Waals surface area (Å²) in [5.74, 6) is -4.48. The predicted molar refractivity (Wildman–Crippen MR) is 167 cm³/mol. The fourth-order valence-corrected chi connectivity index (χ4v) is 9.36. The van der Waals surface area contributed by atoms with Crippen LogP contribution in [0.1, 0.15) is 83.4 Å². The smallest absolute Gasteiger partial charge is 0.203 e. The van der Waals surface area contributed by atoms with Crippen LogP contribution in [0, 0.1) is 28.6 Å². The van der Waals surface area contributed by atoms with Gasteiger partial charge in [0.15, 0.2) is 17.2 Å². The quantitative estimate of drug-likeness (QED) is 0.286. The molecule has 4 aliphatic rings. The summed E-state index contributed by atoms with van der Waals surface area (Å²) in [6.07, 6.45) is 6.47. The Morgan fingerprint density at radius 3 is 2.20 bits per heavy atom. The number of benzene rings is 2. The van der Waals surface area contributed by atoms with E-state index in [4.69, 9.17) is 0 Å². The summed E-state index contributed by atoms with van der Waals surface area (Å²) in [4.78, 5) is 40.8. The van der Waals surface area contributed by atoms with Gasteiger partial charge in [-0.05, 0) is 66.3 Å². The average molecular weight is 599 g/mol. The molecular formula is C37H42O7. The highest BCUT2D eigenvalue weighted by Crippen LogP contribution is 2.65. The minimum Gasteiger partial charge on any atom is -0.508 e. The number of hydrogen-bond donors (Lipinski definition) is 4. The first-order valence-corrected chi connectivity index (χ1v) is 15.8. The number of carbonyl (C=O) groups is 3. The zero-order valence-corrected chi connectivity index (χ0v) is 26.2. The van der Waals surface area contributed by atoms with Crippen LogP contribution >= 0.6 is 0 Å². The fourth-order valence-electron chi connectivity index (χ4n) is 9.36. The van der Waals surface area contributed by atoms with Crippen molar-refractivity contribution in [3.05, 3.63) is 70.0 Å². The highest BCUT2D eigenvalue weighted by molar-refractivity contribution is 6.24. The minimum atomic E-state index is -2.61. The molecule has 7 heteroatoms. The molecule has 232 valence electrons. The molecule has 0 radical (unpaired) electrons. The molecule has 0 spiro atoms. The van der Waals surface area contributed by atoms with Crippen LogP contribution in [0.2, 0.25) is 0 Å². The number of rotatable bonds is 5. The van der Waals surface area contributed by atoms with Crippen molar-refractivity contribution in [2.75, 3.05) is 0 Å². The van der Waals surface area contributed by atoms with Crippen molar-refractivity contribution in [2.24, 2.45) is 28.6 Å². The standard InChI is InChI=1S/C37H42O7/c1-19(2)29-31(40)27(20(3)38)33(42)37(44)34(43)30-32(41)28-25(17-35(30,4)18-36(29,37)5)24(14-15-26(28)39)23-12-10-22(11-13-23)16-21-8-6-7-9-21/h10-15,19,21,29,39,41-42,44H,6-9,16-18H2,1-5H3/t29?,35-,36-,37+/m1/s1. The van der Waals surface area contributed by atoms with E-state index in [0.29, 0.717) is 11.5 Å². The Hall–Kier alpha value is -3.71. The molecule has 4 N–H and O–H groups in total. The first-order chi connectivity index (χ1) is 20.7. The fraction of sp³-hybridized carbons (Fsp3) is 0.486. The Morgan fingerprint density at radius 1 is 0.977 bits per heavy atom. The molecule has 0 heterocycles. The molecular weight excluding hydrogens is 556 g/mol. The van der Waals surface area contributed by atoms with E-state index in [-0.39, 0.29) is 35.6 Å². The first kappa shape index (κ1) is 30.3. The lowest BCUT2D eigenvalue weighted by molar-refractivity contribution is -0.178. The molecule has 2 saturated carbocycles. The zero-order valence-electron chi connectivity index (χ0n) is 26.2. The Balaban J connectivity index is 1.51. The molecule has 2 aromatic rings. The molecule has 0 saturated heterocycles. The molecule has 0 bridgehead atoms. The molecule has 0 aromatic heterocycles. The van der Waals surface area contributed by atoms with Crippen LogP contribution in [-0.4, -0.2) is 43.4 Å². The summed E-state index contributed by atoms with van der Waals surface area (Å²) in [7, 11) is 0. The predicted octanol–water partition coefficient (Wildman–Crippen LogP) is 6.59. The van der Waals surface area contributed by atoms with Crippen molar-refractivity contribution in [1.29, 1.82) is 0 Å². The number of ketones is 3. The first-order valence-electron chi connectivity index (χ1n) is 15.8. The second-order valence-corrected chi connectivity index (χ2v) is 14.5. The number of phenols is 1. The number of aliphatic hydroxyl groups excluding tert-OH is 2. The van der Waals surface area contributed by atoms with Gasteiger partial charge in [-0.1, -0.05) is 83.7 Å². The van der Waals surface area contributed by atoms with Crippen molar-refractivity contribution in [2.45, 2.75) is 85.2 Å². The van der Waals surface area contributed by atoms with Crippen LogP contribution in [0.5, 0.6) is 5.75 Å².